The average molecular weight is 543 g/mol. The molecule has 0 bridgehead atoms. The number of nitro benzene ring substituents is 1. The summed E-state index contributed by atoms with van der Waals surface area (Å²) in [5.74, 6) is -0.214. The van der Waals surface area contributed by atoms with Gasteiger partial charge in [0.15, 0.2) is 5.16 Å². The third-order valence-electron chi connectivity index (χ3n) is 5.87. The summed E-state index contributed by atoms with van der Waals surface area (Å²) in [6.45, 7) is 6.17. The molecule has 1 aromatic heterocycles. The molecule has 0 N–H and O–H groups in total. The van der Waals surface area contributed by atoms with Gasteiger partial charge in [0.25, 0.3) is 5.69 Å². The molecule has 0 fully saturated rings. The van der Waals surface area contributed by atoms with Gasteiger partial charge in [-0.15, -0.1) is 0 Å². The van der Waals surface area contributed by atoms with E-state index in [1.165, 1.54) is 34.9 Å². The van der Waals surface area contributed by atoms with Crippen molar-refractivity contribution in [3.05, 3.63) is 94.0 Å². The summed E-state index contributed by atoms with van der Waals surface area (Å²) in [6.07, 6.45) is -4.56. The summed E-state index contributed by atoms with van der Waals surface area (Å²) >= 11 is 1.07. The zero-order valence-electron chi connectivity index (χ0n) is 20.9. The molecular formula is C27H25F3N4O3S. The standard InChI is InChI=1S/C27H25F3N4O3S/c1-26(2,3)32(16-18-8-5-4-6-9-18)24(35)17-38-25-31-22-15-21(34(36)37)12-13-23(22)33(25)20-11-7-10-19(14-20)27(28,29)30/h4-15H,16-17H2,1-3H3. The van der Waals surface area contributed by atoms with Crippen molar-refractivity contribution in [3.8, 4) is 5.69 Å². The van der Waals surface area contributed by atoms with Gasteiger partial charge in [-0.2, -0.15) is 13.2 Å². The maximum absolute atomic E-state index is 13.4. The largest absolute Gasteiger partial charge is 0.416 e. The molecule has 0 radical (unpaired) electrons. The highest BCUT2D eigenvalue weighted by Crippen LogP contribution is 2.34. The van der Waals surface area contributed by atoms with E-state index in [2.05, 4.69) is 4.98 Å². The summed E-state index contributed by atoms with van der Waals surface area (Å²) in [5.41, 5.74) is 0.251. The summed E-state index contributed by atoms with van der Waals surface area (Å²) < 4.78 is 41.8. The van der Waals surface area contributed by atoms with Crippen LogP contribution >= 0.6 is 11.8 Å². The average Bonchev–Trinajstić information content (AvgIpc) is 3.23. The van der Waals surface area contributed by atoms with Crippen molar-refractivity contribution in [1.82, 2.24) is 14.5 Å². The second-order valence-electron chi connectivity index (χ2n) is 9.63. The number of halogens is 3. The predicted octanol–water partition coefficient (Wildman–Crippen LogP) is 6.87. The Balaban J connectivity index is 1.71. The van der Waals surface area contributed by atoms with E-state index in [-0.39, 0.29) is 33.7 Å². The van der Waals surface area contributed by atoms with Crippen LogP contribution in [0.1, 0.15) is 31.9 Å². The number of benzene rings is 3. The van der Waals surface area contributed by atoms with E-state index in [1.807, 2.05) is 51.1 Å². The van der Waals surface area contributed by atoms with Crippen molar-refractivity contribution in [2.45, 2.75) is 44.2 Å². The Labute approximate surface area is 221 Å². The van der Waals surface area contributed by atoms with E-state index in [1.54, 1.807) is 4.90 Å². The summed E-state index contributed by atoms with van der Waals surface area (Å²) in [4.78, 5) is 30.3. The van der Waals surface area contributed by atoms with E-state index < -0.39 is 22.2 Å². The highest BCUT2D eigenvalue weighted by Gasteiger charge is 2.31. The Hall–Kier alpha value is -3.86. The van der Waals surface area contributed by atoms with Crippen LogP contribution in [0.25, 0.3) is 16.7 Å². The number of alkyl halides is 3. The first-order chi connectivity index (χ1) is 17.8. The van der Waals surface area contributed by atoms with Crippen molar-refractivity contribution < 1.29 is 22.9 Å². The van der Waals surface area contributed by atoms with Gasteiger partial charge in [-0.1, -0.05) is 48.2 Å². The number of nitrogens with zero attached hydrogens (tertiary/aromatic N) is 4. The Bertz CT molecular complexity index is 1480. The van der Waals surface area contributed by atoms with Crippen LogP contribution in [-0.4, -0.2) is 36.6 Å². The lowest BCUT2D eigenvalue weighted by Crippen LogP contribution is -2.45. The fourth-order valence-electron chi connectivity index (χ4n) is 4.00. The molecule has 0 unspecified atom stereocenters. The number of carbonyl (C=O) groups is 1. The molecule has 0 atom stereocenters. The van der Waals surface area contributed by atoms with E-state index in [0.717, 1.165) is 29.5 Å². The van der Waals surface area contributed by atoms with Crippen molar-refractivity contribution in [1.29, 1.82) is 0 Å². The predicted molar refractivity (Wildman–Crippen MR) is 140 cm³/mol. The van der Waals surface area contributed by atoms with Crippen LogP contribution in [0, 0.1) is 10.1 Å². The molecular weight excluding hydrogens is 517 g/mol. The topological polar surface area (TPSA) is 81.3 Å². The zero-order valence-corrected chi connectivity index (χ0v) is 21.7. The molecule has 11 heteroatoms. The number of nitro groups is 1. The molecule has 7 nitrogen and oxygen atoms in total. The maximum Gasteiger partial charge on any atom is 0.416 e. The Morgan fingerprint density at radius 1 is 1.03 bits per heavy atom. The third-order valence-corrected chi connectivity index (χ3v) is 6.79. The first kappa shape index (κ1) is 27.2. The number of aromatic nitrogens is 2. The van der Waals surface area contributed by atoms with Crippen LogP contribution in [0.2, 0.25) is 0 Å². The van der Waals surface area contributed by atoms with Gasteiger partial charge in [0.2, 0.25) is 5.91 Å². The van der Waals surface area contributed by atoms with E-state index in [9.17, 15) is 28.1 Å². The molecule has 38 heavy (non-hydrogen) atoms. The first-order valence-corrected chi connectivity index (χ1v) is 12.6. The molecule has 0 aliphatic heterocycles. The second-order valence-corrected chi connectivity index (χ2v) is 10.6. The molecule has 1 heterocycles. The van der Waals surface area contributed by atoms with Gasteiger partial charge < -0.3 is 4.90 Å². The lowest BCUT2D eigenvalue weighted by molar-refractivity contribution is -0.384. The summed E-state index contributed by atoms with van der Waals surface area (Å²) in [7, 11) is 0. The monoisotopic (exact) mass is 542 g/mol. The van der Waals surface area contributed by atoms with Crippen molar-refractivity contribution in [3.63, 3.8) is 0 Å². The zero-order chi connectivity index (χ0) is 27.7. The van der Waals surface area contributed by atoms with Gasteiger partial charge in [-0.05, 0) is 50.6 Å². The van der Waals surface area contributed by atoms with Gasteiger partial charge in [-0.3, -0.25) is 19.5 Å². The van der Waals surface area contributed by atoms with Crippen molar-refractivity contribution in [2.75, 3.05) is 5.75 Å². The fraction of sp³-hybridized carbons (Fsp3) is 0.259. The van der Waals surface area contributed by atoms with E-state index >= 15 is 0 Å². The smallest absolute Gasteiger partial charge is 0.333 e. The Kier molecular flexibility index (Phi) is 7.50. The molecule has 1 amide bonds. The van der Waals surface area contributed by atoms with Crippen molar-refractivity contribution in [2.24, 2.45) is 0 Å². The fourth-order valence-corrected chi connectivity index (χ4v) is 4.90. The number of hydrogen-bond acceptors (Lipinski definition) is 5. The number of fused-ring (bicyclic) bond motifs is 1. The minimum atomic E-state index is -4.56. The number of amides is 1. The SMILES string of the molecule is CC(C)(C)N(Cc1ccccc1)C(=O)CSc1nc2cc([N+](=O)[O-])ccc2n1-c1cccc(C(F)(F)F)c1. The highest BCUT2D eigenvalue weighted by atomic mass is 32.2. The minimum Gasteiger partial charge on any atom is -0.333 e. The summed E-state index contributed by atoms with van der Waals surface area (Å²) in [5, 5.41) is 11.5. The molecule has 198 valence electrons. The van der Waals surface area contributed by atoms with Gasteiger partial charge in [-0.25, -0.2) is 4.98 Å². The van der Waals surface area contributed by atoms with Gasteiger partial charge in [0, 0.05) is 29.9 Å². The Morgan fingerprint density at radius 2 is 1.74 bits per heavy atom. The molecule has 4 aromatic rings. The number of carbonyl (C=O) groups excluding carboxylic acids is 1. The third kappa shape index (κ3) is 5.99. The quantitative estimate of drug-likeness (QED) is 0.145. The van der Waals surface area contributed by atoms with Gasteiger partial charge >= 0.3 is 6.18 Å². The Morgan fingerprint density at radius 3 is 2.37 bits per heavy atom. The number of imidazole rings is 1. The normalized spacial score (nSPS) is 12.1. The summed E-state index contributed by atoms with van der Waals surface area (Å²) in [6, 6.07) is 18.3. The molecule has 4 rings (SSSR count). The number of rotatable bonds is 7. The second kappa shape index (κ2) is 10.5. The van der Waals surface area contributed by atoms with Gasteiger partial charge in [0.05, 0.1) is 27.3 Å². The van der Waals surface area contributed by atoms with E-state index in [0.29, 0.717) is 12.1 Å². The van der Waals surface area contributed by atoms with Crippen LogP contribution in [0.4, 0.5) is 18.9 Å². The van der Waals surface area contributed by atoms with Crippen LogP contribution in [0.3, 0.4) is 0 Å². The molecule has 0 saturated heterocycles. The maximum atomic E-state index is 13.4. The minimum absolute atomic E-state index is 0.0333. The molecule has 0 aliphatic rings. The number of non-ortho nitro benzene ring substituents is 1. The molecule has 0 aliphatic carbocycles. The number of thioether (sulfide) groups is 1. The van der Waals surface area contributed by atoms with E-state index in [4.69, 9.17) is 0 Å². The molecule has 3 aromatic carbocycles. The highest BCUT2D eigenvalue weighted by molar-refractivity contribution is 7.99. The van der Waals surface area contributed by atoms with Crippen LogP contribution in [-0.2, 0) is 17.5 Å². The van der Waals surface area contributed by atoms with Crippen molar-refractivity contribution >= 4 is 34.4 Å². The first-order valence-electron chi connectivity index (χ1n) is 11.7. The lowest BCUT2D eigenvalue weighted by atomic mass is 10.0. The van der Waals surface area contributed by atoms with Crippen LogP contribution in [0.5, 0.6) is 0 Å². The van der Waals surface area contributed by atoms with Gasteiger partial charge in [0.1, 0.15) is 0 Å². The molecule has 0 spiro atoms. The lowest BCUT2D eigenvalue weighted by Gasteiger charge is -2.36. The number of hydrogen-bond donors (Lipinski definition) is 0. The molecule has 0 saturated carbocycles. The van der Waals surface area contributed by atoms with Crippen LogP contribution in [0.15, 0.2) is 78.0 Å². The van der Waals surface area contributed by atoms with Crippen LogP contribution < -0.4 is 0 Å².